The van der Waals surface area contributed by atoms with Crippen LogP contribution in [0, 0.1) is 6.92 Å². The summed E-state index contributed by atoms with van der Waals surface area (Å²) in [7, 11) is 1.41. The molecule has 0 bridgehead atoms. The third-order valence-electron chi connectivity index (χ3n) is 2.04. The van der Waals surface area contributed by atoms with Gasteiger partial charge >= 0.3 is 6.18 Å². The van der Waals surface area contributed by atoms with E-state index in [1.165, 1.54) is 20.9 Å². The van der Waals surface area contributed by atoms with Crippen LogP contribution in [0.5, 0.6) is 0 Å². The van der Waals surface area contributed by atoms with Gasteiger partial charge in [0.1, 0.15) is 4.33 Å². The van der Waals surface area contributed by atoms with E-state index in [0.717, 1.165) is 4.68 Å². The van der Waals surface area contributed by atoms with Crippen LogP contribution in [-0.4, -0.2) is 9.78 Å². The van der Waals surface area contributed by atoms with Gasteiger partial charge in [0.15, 0.2) is 5.69 Å². The zero-order valence-electron chi connectivity index (χ0n) is 8.28. The largest absolute Gasteiger partial charge is 0.435 e. The number of nitrogens with zero attached hydrogens (tertiary/aromatic N) is 2. The van der Waals surface area contributed by atoms with Crippen LogP contribution < -0.4 is 0 Å². The van der Waals surface area contributed by atoms with Crippen molar-refractivity contribution in [3.63, 3.8) is 0 Å². The molecular formula is C8H9Cl2F3N2. The lowest BCUT2D eigenvalue weighted by Crippen LogP contribution is -2.15. The third kappa shape index (κ3) is 2.39. The number of halogens is 5. The SMILES string of the molecule is Cc1c(C(C)(Cl)Cl)c(C(F)(F)F)nn1C. The Bertz CT molecular complexity index is 376. The minimum atomic E-state index is -4.55. The van der Waals surface area contributed by atoms with Crippen LogP contribution in [0.25, 0.3) is 0 Å². The van der Waals surface area contributed by atoms with Gasteiger partial charge in [-0.3, -0.25) is 4.68 Å². The molecule has 0 amide bonds. The summed E-state index contributed by atoms with van der Waals surface area (Å²) in [5.74, 6) is 0. The monoisotopic (exact) mass is 260 g/mol. The Balaban J connectivity index is 3.48. The Kier molecular flexibility index (Phi) is 3.00. The molecule has 1 heterocycles. The predicted molar refractivity (Wildman–Crippen MR) is 52.0 cm³/mol. The van der Waals surface area contributed by atoms with E-state index in [1.807, 2.05) is 0 Å². The van der Waals surface area contributed by atoms with Crippen LogP contribution in [0.4, 0.5) is 13.2 Å². The van der Waals surface area contributed by atoms with Gasteiger partial charge in [0, 0.05) is 18.3 Å². The molecule has 0 aliphatic heterocycles. The molecule has 7 heteroatoms. The summed E-state index contributed by atoms with van der Waals surface area (Å²) in [6.07, 6.45) is -4.55. The molecule has 86 valence electrons. The quantitative estimate of drug-likeness (QED) is 0.708. The van der Waals surface area contributed by atoms with Crippen molar-refractivity contribution in [1.29, 1.82) is 0 Å². The Labute approximate surface area is 95.0 Å². The summed E-state index contributed by atoms with van der Waals surface area (Å²) < 4.78 is 37.2. The lowest BCUT2D eigenvalue weighted by atomic mass is 10.1. The highest BCUT2D eigenvalue weighted by atomic mass is 35.5. The van der Waals surface area contributed by atoms with Crippen molar-refractivity contribution in [2.45, 2.75) is 24.4 Å². The van der Waals surface area contributed by atoms with E-state index in [0.29, 0.717) is 5.69 Å². The first-order chi connectivity index (χ1) is 6.55. The molecule has 0 radical (unpaired) electrons. The van der Waals surface area contributed by atoms with Crippen molar-refractivity contribution in [1.82, 2.24) is 9.78 Å². The molecule has 2 nitrogen and oxygen atoms in total. The first kappa shape index (κ1) is 12.6. The fraction of sp³-hybridized carbons (Fsp3) is 0.625. The number of hydrogen-bond acceptors (Lipinski definition) is 1. The summed E-state index contributed by atoms with van der Waals surface area (Å²) in [5.41, 5.74) is -0.925. The maximum Gasteiger partial charge on any atom is 0.435 e. The summed E-state index contributed by atoms with van der Waals surface area (Å²) in [4.78, 5) is 0. The molecule has 0 atom stereocenters. The van der Waals surface area contributed by atoms with Gasteiger partial charge in [-0.1, -0.05) is 23.2 Å². The molecule has 1 rings (SSSR count). The first-order valence-electron chi connectivity index (χ1n) is 4.04. The zero-order valence-corrected chi connectivity index (χ0v) is 9.80. The molecule has 0 N–H and O–H groups in total. The van der Waals surface area contributed by atoms with Gasteiger partial charge in [-0.05, 0) is 13.8 Å². The topological polar surface area (TPSA) is 17.8 Å². The number of alkyl halides is 5. The van der Waals surface area contributed by atoms with Gasteiger partial charge in [-0.15, -0.1) is 0 Å². The van der Waals surface area contributed by atoms with Crippen molar-refractivity contribution in [2.24, 2.45) is 7.05 Å². The average molecular weight is 261 g/mol. The van der Waals surface area contributed by atoms with Gasteiger partial charge in [-0.25, -0.2) is 0 Å². The molecular weight excluding hydrogens is 252 g/mol. The summed E-state index contributed by atoms with van der Waals surface area (Å²) in [6, 6.07) is 0. The zero-order chi connectivity index (χ0) is 12.0. The lowest BCUT2D eigenvalue weighted by Gasteiger charge is -2.16. The highest BCUT2D eigenvalue weighted by Gasteiger charge is 2.43. The average Bonchev–Trinajstić information content (AvgIpc) is 2.25. The fourth-order valence-electron chi connectivity index (χ4n) is 1.33. The maximum atomic E-state index is 12.6. The highest BCUT2D eigenvalue weighted by molar-refractivity contribution is 6.47. The third-order valence-corrected chi connectivity index (χ3v) is 2.42. The fourth-order valence-corrected chi connectivity index (χ4v) is 1.78. The van der Waals surface area contributed by atoms with Gasteiger partial charge < -0.3 is 0 Å². The number of aromatic nitrogens is 2. The lowest BCUT2D eigenvalue weighted by molar-refractivity contribution is -0.142. The molecule has 1 aromatic rings. The number of rotatable bonds is 1. The summed E-state index contributed by atoms with van der Waals surface area (Å²) in [6.45, 7) is 2.77. The van der Waals surface area contributed by atoms with E-state index < -0.39 is 16.2 Å². The van der Waals surface area contributed by atoms with Crippen molar-refractivity contribution in [3.8, 4) is 0 Å². The molecule has 0 saturated carbocycles. The van der Waals surface area contributed by atoms with Crippen molar-refractivity contribution in [2.75, 3.05) is 0 Å². The van der Waals surface area contributed by atoms with Gasteiger partial charge in [0.05, 0.1) is 0 Å². The Hall–Kier alpha value is -0.420. The minimum Gasteiger partial charge on any atom is -0.272 e. The standard InChI is InChI=1S/C8H9Cl2F3N2/c1-4-5(7(2,9)10)6(8(11,12)13)14-15(4)3/h1-3H3. The van der Waals surface area contributed by atoms with E-state index >= 15 is 0 Å². The van der Waals surface area contributed by atoms with Crippen LogP contribution in [-0.2, 0) is 17.6 Å². The van der Waals surface area contributed by atoms with E-state index in [9.17, 15) is 13.2 Å². The van der Waals surface area contributed by atoms with Crippen LogP contribution >= 0.6 is 23.2 Å². The van der Waals surface area contributed by atoms with Gasteiger partial charge in [-0.2, -0.15) is 18.3 Å². The molecule has 0 aliphatic carbocycles. The van der Waals surface area contributed by atoms with E-state index in [1.54, 1.807) is 0 Å². The van der Waals surface area contributed by atoms with Gasteiger partial charge in [0.2, 0.25) is 0 Å². The normalized spacial score (nSPS) is 13.3. The van der Waals surface area contributed by atoms with E-state index in [2.05, 4.69) is 5.10 Å². The van der Waals surface area contributed by atoms with E-state index in [-0.39, 0.29) is 5.56 Å². The Morgan fingerprint density at radius 1 is 1.27 bits per heavy atom. The van der Waals surface area contributed by atoms with Crippen LogP contribution in [0.15, 0.2) is 0 Å². The number of aryl methyl sites for hydroxylation is 1. The molecule has 0 spiro atoms. The molecule has 0 aliphatic rings. The molecule has 0 unspecified atom stereocenters. The number of hydrogen-bond donors (Lipinski definition) is 0. The highest BCUT2D eigenvalue weighted by Crippen LogP contribution is 2.42. The van der Waals surface area contributed by atoms with Crippen LogP contribution in [0.3, 0.4) is 0 Å². The smallest absolute Gasteiger partial charge is 0.272 e. The van der Waals surface area contributed by atoms with Crippen molar-refractivity contribution >= 4 is 23.2 Å². The maximum absolute atomic E-state index is 12.6. The summed E-state index contributed by atoms with van der Waals surface area (Å²) >= 11 is 11.4. The second-order valence-electron chi connectivity index (χ2n) is 3.32. The van der Waals surface area contributed by atoms with Crippen LogP contribution in [0.2, 0.25) is 0 Å². The Morgan fingerprint density at radius 3 is 2.00 bits per heavy atom. The minimum absolute atomic E-state index is 0.194. The molecule has 0 aromatic carbocycles. The molecule has 0 fully saturated rings. The van der Waals surface area contributed by atoms with Crippen molar-refractivity contribution in [3.05, 3.63) is 17.0 Å². The first-order valence-corrected chi connectivity index (χ1v) is 4.80. The van der Waals surface area contributed by atoms with Crippen LogP contribution in [0.1, 0.15) is 23.9 Å². The van der Waals surface area contributed by atoms with Gasteiger partial charge in [0.25, 0.3) is 0 Å². The predicted octanol–water partition coefficient (Wildman–Crippen LogP) is 3.40. The molecule has 15 heavy (non-hydrogen) atoms. The Morgan fingerprint density at radius 2 is 1.73 bits per heavy atom. The second-order valence-corrected chi connectivity index (χ2v) is 5.02. The summed E-state index contributed by atoms with van der Waals surface area (Å²) in [5, 5.41) is 3.37. The second kappa shape index (κ2) is 3.56. The molecule has 1 aromatic heterocycles. The van der Waals surface area contributed by atoms with E-state index in [4.69, 9.17) is 23.2 Å². The molecule has 0 saturated heterocycles. The van der Waals surface area contributed by atoms with Crippen molar-refractivity contribution < 1.29 is 13.2 Å².